The molecule has 1 aromatic carbocycles. The molecule has 1 aliphatic heterocycles. The highest BCUT2D eigenvalue weighted by atomic mass is 16.5. The number of hydrogen-bond acceptors (Lipinski definition) is 3. The predicted octanol–water partition coefficient (Wildman–Crippen LogP) is 3.67. The van der Waals surface area contributed by atoms with Crippen molar-refractivity contribution in [2.75, 3.05) is 6.61 Å². The molecule has 2 fully saturated rings. The molecule has 0 radical (unpaired) electrons. The van der Waals surface area contributed by atoms with Crippen molar-refractivity contribution in [2.24, 2.45) is 11.8 Å². The molecule has 0 N–H and O–H groups in total. The summed E-state index contributed by atoms with van der Waals surface area (Å²) in [5.74, 6) is -0.0264. The number of carbonyl (C=O) groups excluding carboxylic acids is 2. The van der Waals surface area contributed by atoms with Gasteiger partial charge in [-0.05, 0) is 63.1 Å². The molecule has 4 atom stereocenters. The minimum atomic E-state index is -0.543. The van der Waals surface area contributed by atoms with E-state index in [2.05, 4.69) is 19.1 Å². The van der Waals surface area contributed by atoms with Gasteiger partial charge in [0.05, 0.1) is 6.10 Å². The molecule has 1 aromatic rings. The van der Waals surface area contributed by atoms with Gasteiger partial charge < -0.3 is 4.74 Å². The van der Waals surface area contributed by atoms with Gasteiger partial charge in [0, 0.05) is 18.9 Å². The van der Waals surface area contributed by atoms with Gasteiger partial charge in [0.25, 0.3) is 0 Å². The van der Waals surface area contributed by atoms with Crippen LogP contribution >= 0.6 is 0 Å². The summed E-state index contributed by atoms with van der Waals surface area (Å²) in [4.78, 5) is 25.5. The first-order valence-corrected chi connectivity index (χ1v) is 8.64. The van der Waals surface area contributed by atoms with Crippen molar-refractivity contribution in [3.05, 3.63) is 34.4 Å². The van der Waals surface area contributed by atoms with E-state index in [4.69, 9.17) is 4.74 Å². The smallest absolute Gasteiger partial charge is 0.151 e. The molecule has 0 aromatic heterocycles. The molecule has 1 saturated heterocycles. The Morgan fingerprint density at radius 3 is 2.35 bits per heavy atom. The lowest BCUT2D eigenvalue weighted by atomic mass is 9.84. The van der Waals surface area contributed by atoms with Crippen molar-refractivity contribution in [1.82, 2.24) is 0 Å². The normalized spacial score (nSPS) is 31.1. The van der Waals surface area contributed by atoms with Gasteiger partial charge in [0.2, 0.25) is 0 Å². The SMILES string of the molecule is Cc1cc(C)c(C2C(=O)CC(CC3CCOC3C)C2=O)c(C)c1. The Hall–Kier alpha value is -1.48. The van der Waals surface area contributed by atoms with Gasteiger partial charge in [-0.2, -0.15) is 0 Å². The van der Waals surface area contributed by atoms with E-state index >= 15 is 0 Å². The van der Waals surface area contributed by atoms with Crippen LogP contribution < -0.4 is 0 Å². The third kappa shape index (κ3) is 2.99. The molecule has 1 heterocycles. The number of aryl methyl sites for hydroxylation is 3. The maximum absolute atomic E-state index is 12.9. The zero-order chi connectivity index (χ0) is 16.7. The molecular weight excluding hydrogens is 288 g/mol. The van der Waals surface area contributed by atoms with Crippen molar-refractivity contribution in [3.8, 4) is 0 Å². The molecule has 3 heteroatoms. The minimum Gasteiger partial charge on any atom is -0.378 e. The summed E-state index contributed by atoms with van der Waals surface area (Å²) in [7, 11) is 0. The van der Waals surface area contributed by atoms with E-state index in [1.807, 2.05) is 20.8 Å². The van der Waals surface area contributed by atoms with Gasteiger partial charge in [0.1, 0.15) is 11.7 Å². The number of hydrogen-bond donors (Lipinski definition) is 0. The van der Waals surface area contributed by atoms with Crippen LogP contribution in [0.3, 0.4) is 0 Å². The fourth-order valence-electron chi connectivity index (χ4n) is 4.46. The predicted molar refractivity (Wildman–Crippen MR) is 89.7 cm³/mol. The molecule has 0 bridgehead atoms. The molecule has 3 rings (SSSR count). The van der Waals surface area contributed by atoms with Crippen molar-refractivity contribution in [3.63, 3.8) is 0 Å². The molecular formula is C20H26O3. The second kappa shape index (κ2) is 6.20. The lowest BCUT2D eigenvalue weighted by Gasteiger charge is -2.19. The lowest BCUT2D eigenvalue weighted by Crippen LogP contribution is -2.21. The van der Waals surface area contributed by atoms with Crippen LogP contribution in [-0.4, -0.2) is 24.3 Å². The third-order valence-electron chi connectivity index (χ3n) is 5.60. The summed E-state index contributed by atoms with van der Waals surface area (Å²) in [6.07, 6.45) is 2.41. The van der Waals surface area contributed by atoms with Crippen molar-refractivity contribution >= 4 is 11.6 Å². The zero-order valence-electron chi connectivity index (χ0n) is 14.5. The number of Topliss-reactive ketones (excluding diaryl/α,β-unsaturated/α-hetero) is 2. The van der Waals surface area contributed by atoms with Crippen LogP contribution in [0.1, 0.15) is 54.4 Å². The minimum absolute atomic E-state index is 0.0987. The molecule has 4 unspecified atom stereocenters. The molecule has 3 nitrogen and oxygen atoms in total. The van der Waals surface area contributed by atoms with Gasteiger partial charge in [0.15, 0.2) is 5.78 Å². The second-order valence-electron chi connectivity index (χ2n) is 7.38. The fourth-order valence-corrected chi connectivity index (χ4v) is 4.46. The van der Waals surface area contributed by atoms with Gasteiger partial charge in [-0.1, -0.05) is 17.7 Å². The Balaban J connectivity index is 1.84. The van der Waals surface area contributed by atoms with E-state index < -0.39 is 5.92 Å². The fraction of sp³-hybridized carbons (Fsp3) is 0.600. The van der Waals surface area contributed by atoms with Gasteiger partial charge in [-0.25, -0.2) is 0 Å². The van der Waals surface area contributed by atoms with Crippen LogP contribution in [0.5, 0.6) is 0 Å². The average Bonchev–Trinajstić information content (AvgIpc) is 2.97. The van der Waals surface area contributed by atoms with Gasteiger partial charge in [-0.15, -0.1) is 0 Å². The van der Waals surface area contributed by atoms with E-state index in [0.29, 0.717) is 12.3 Å². The zero-order valence-corrected chi connectivity index (χ0v) is 14.5. The quantitative estimate of drug-likeness (QED) is 0.800. The van der Waals surface area contributed by atoms with Crippen molar-refractivity contribution < 1.29 is 14.3 Å². The number of carbonyl (C=O) groups is 2. The number of ketones is 2. The monoisotopic (exact) mass is 314 g/mol. The largest absolute Gasteiger partial charge is 0.378 e. The van der Waals surface area contributed by atoms with Crippen LogP contribution in [0.15, 0.2) is 12.1 Å². The summed E-state index contributed by atoms with van der Waals surface area (Å²) in [6.45, 7) is 8.92. The average molecular weight is 314 g/mol. The summed E-state index contributed by atoms with van der Waals surface area (Å²) in [6, 6.07) is 4.15. The van der Waals surface area contributed by atoms with E-state index in [1.165, 1.54) is 5.56 Å². The highest BCUT2D eigenvalue weighted by molar-refractivity contribution is 6.15. The Labute approximate surface area is 138 Å². The summed E-state index contributed by atoms with van der Waals surface area (Å²) in [5.41, 5.74) is 4.25. The maximum Gasteiger partial charge on any atom is 0.151 e. The van der Waals surface area contributed by atoms with Gasteiger partial charge in [-0.3, -0.25) is 9.59 Å². The number of benzene rings is 1. The lowest BCUT2D eigenvalue weighted by molar-refractivity contribution is -0.125. The molecule has 0 amide bonds. The summed E-state index contributed by atoms with van der Waals surface area (Å²) < 4.78 is 5.60. The van der Waals surface area contributed by atoms with Crippen LogP contribution in [-0.2, 0) is 14.3 Å². The second-order valence-corrected chi connectivity index (χ2v) is 7.38. The highest BCUT2D eigenvalue weighted by Crippen LogP contribution is 2.40. The first kappa shape index (κ1) is 16.4. The Kier molecular flexibility index (Phi) is 4.41. The molecule has 2 aliphatic rings. The van der Waals surface area contributed by atoms with Gasteiger partial charge >= 0.3 is 0 Å². The highest BCUT2D eigenvalue weighted by Gasteiger charge is 2.44. The maximum atomic E-state index is 12.9. The topological polar surface area (TPSA) is 43.4 Å². The van der Waals surface area contributed by atoms with Crippen LogP contribution in [0.25, 0.3) is 0 Å². The van der Waals surface area contributed by atoms with Crippen LogP contribution in [0.4, 0.5) is 0 Å². The molecule has 0 spiro atoms. The molecule has 1 aliphatic carbocycles. The number of ether oxygens (including phenoxy) is 1. The third-order valence-corrected chi connectivity index (χ3v) is 5.60. The van der Waals surface area contributed by atoms with E-state index in [0.717, 1.165) is 36.1 Å². The van der Waals surface area contributed by atoms with E-state index in [-0.39, 0.29) is 23.6 Å². The van der Waals surface area contributed by atoms with E-state index in [1.54, 1.807) is 0 Å². The molecule has 1 saturated carbocycles. The van der Waals surface area contributed by atoms with Crippen molar-refractivity contribution in [2.45, 2.75) is 59.0 Å². The standard InChI is InChI=1S/C20H26O3/c1-11-7-12(2)18(13(3)8-11)19-17(21)10-16(20(19)22)9-15-5-6-23-14(15)4/h7-8,14-16,19H,5-6,9-10H2,1-4H3. The van der Waals surface area contributed by atoms with Crippen LogP contribution in [0.2, 0.25) is 0 Å². The number of rotatable bonds is 3. The Bertz CT molecular complexity index is 623. The Morgan fingerprint density at radius 2 is 1.78 bits per heavy atom. The van der Waals surface area contributed by atoms with Crippen molar-refractivity contribution in [1.29, 1.82) is 0 Å². The summed E-state index contributed by atoms with van der Waals surface area (Å²) in [5, 5.41) is 0. The first-order chi connectivity index (χ1) is 10.9. The van der Waals surface area contributed by atoms with E-state index in [9.17, 15) is 9.59 Å². The first-order valence-electron chi connectivity index (χ1n) is 8.64. The summed E-state index contributed by atoms with van der Waals surface area (Å²) >= 11 is 0. The Morgan fingerprint density at radius 1 is 1.13 bits per heavy atom. The molecule has 124 valence electrons. The van der Waals surface area contributed by atoms with Crippen LogP contribution in [0, 0.1) is 32.6 Å². The molecule has 23 heavy (non-hydrogen) atoms.